The lowest BCUT2D eigenvalue weighted by molar-refractivity contribution is 0.462. The van der Waals surface area contributed by atoms with E-state index in [1.165, 1.54) is 11.1 Å². The number of hydrogen-bond acceptors (Lipinski definition) is 2. The molecule has 0 saturated heterocycles. The maximum Gasteiger partial charge on any atom is 0.219 e. The Morgan fingerprint density at radius 2 is 1.94 bits per heavy atom. The first kappa shape index (κ1) is 11.2. The van der Waals surface area contributed by atoms with Gasteiger partial charge >= 0.3 is 0 Å². The van der Waals surface area contributed by atoms with Crippen molar-refractivity contribution in [1.29, 1.82) is 0 Å². The highest BCUT2D eigenvalue weighted by Crippen LogP contribution is 2.21. The lowest BCUT2D eigenvalue weighted by Gasteiger charge is -2.06. The Kier molecular flexibility index (Phi) is 3.11. The summed E-state index contributed by atoms with van der Waals surface area (Å²) in [6.07, 6.45) is 6.88. The molecule has 0 aliphatic heterocycles. The van der Waals surface area contributed by atoms with E-state index in [4.69, 9.17) is 11.2 Å². The van der Waals surface area contributed by atoms with E-state index in [0.29, 0.717) is 5.88 Å². The largest absolute Gasteiger partial charge is 0.439 e. The third kappa shape index (κ3) is 2.64. The van der Waals surface area contributed by atoms with E-state index in [1.54, 1.807) is 12.3 Å². The molecule has 2 heteroatoms. The summed E-state index contributed by atoms with van der Waals surface area (Å²) in [5, 5.41) is 0. The normalized spacial score (nSPS) is 9.71. The molecule has 17 heavy (non-hydrogen) atoms. The number of hydrogen-bond donors (Lipinski definition) is 0. The second-order valence-electron chi connectivity index (χ2n) is 3.88. The summed E-state index contributed by atoms with van der Waals surface area (Å²) in [6.45, 7) is 4.12. The average Bonchev–Trinajstić information content (AvgIpc) is 2.35. The van der Waals surface area contributed by atoms with Crippen molar-refractivity contribution in [1.82, 2.24) is 4.98 Å². The van der Waals surface area contributed by atoms with Gasteiger partial charge < -0.3 is 4.74 Å². The maximum absolute atomic E-state index is 5.63. The molecule has 0 atom stereocenters. The molecule has 0 spiro atoms. The van der Waals surface area contributed by atoms with Crippen LogP contribution in [0.2, 0.25) is 0 Å². The van der Waals surface area contributed by atoms with Crippen molar-refractivity contribution < 1.29 is 4.74 Å². The second-order valence-corrected chi connectivity index (χ2v) is 3.88. The highest BCUT2D eigenvalue weighted by atomic mass is 16.5. The van der Waals surface area contributed by atoms with E-state index in [0.717, 1.165) is 11.3 Å². The summed E-state index contributed by atoms with van der Waals surface area (Å²) >= 11 is 0. The van der Waals surface area contributed by atoms with E-state index >= 15 is 0 Å². The topological polar surface area (TPSA) is 22.1 Å². The smallest absolute Gasteiger partial charge is 0.219 e. The van der Waals surface area contributed by atoms with Crippen LogP contribution < -0.4 is 4.74 Å². The molecule has 2 rings (SSSR count). The molecule has 1 aromatic carbocycles. The van der Waals surface area contributed by atoms with Crippen molar-refractivity contribution in [2.75, 3.05) is 0 Å². The zero-order chi connectivity index (χ0) is 12.3. The summed E-state index contributed by atoms with van der Waals surface area (Å²) in [5.74, 6) is 3.85. The zero-order valence-corrected chi connectivity index (χ0v) is 9.90. The molecule has 0 fully saturated rings. The van der Waals surface area contributed by atoms with Crippen molar-refractivity contribution in [3.05, 3.63) is 53.2 Å². The van der Waals surface area contributed by atoms with Gasteiger partial charge in [0.15, 0.2) is 0 Å². The van der Waals surface area contributed by atoms with E-state index in [-0.39, 0.29) is 0 Å². The van der Waals surface area contributed by atoms with Gasteiger partial charge in [-0.15, -0.1) is 6.42 Å². The van der Waals surface area contributed by atoms with Gasteiger partial charge in [-0.05, 0) is 43.2 Å². The summed E-state index contributed by atoms with van der Waals surface area (Å²) < 4.78 is 5.63. The van der Waals surface area contributed by atoms with Gasteiger partial charge in [0.25, 0.3) is 0 Å². The summed E-state index contributed by atoms with van der Waals surface area (Å²) in [4.78, 5) is 4.13. The molecule has 2 nitrogen and oxygen atoms in total. The van der Waals surface area contributed by atoms with Gasteiger partial charge in [-0.2, -0.15) is 0 Å². The van der Waals surface area contributed by atoms with Gasteiger partial charge in [0.05, 0.1) is 0 Å². The molecule has 0 amide bonds. The Hall–Kier alpha value is -2.27. The Bertz CT molecular complexity index is 564. The quantitative estimate of drug-likeness (QED) is 0.727. The van der Waals surface area contributed by atoms with Crippen molar-refractivity contribution in [3.8, 4) is 24.0 Å². The van der Waals surface area contributed by atoms with Crippen molar-refractivity contribution in [3.63, 3.8) is 0 Å². The average molecular weight is 223 g/mol. The van der Waals surface area contributed by atoms with Crippen LogP contribution >= 0.6 is 0 Å². The molecule has 84 valence electrons. The fourth-order valence-electron chi connectivity index (χ4n) is 1.42. The Balaban J connectivity index is 2.20. The predicted octanol–water partition coefficient (Wildman–Crippen LogP) is 3.47. The van der Waals surface area contributed by atoms with Crippen LogP contribution in [0.4, 0.5) is 0 Å². The minimum atomic E-state index is 0.548. The van der Waals surface area contributed by atoms with Crippen LogP contribution in [0.1, 0.15) is 16.7 Å². The van der Waals surface area contributed by atoms with E-state index in [2.05, 4.69) is 24.8 Å². The molecule has 1 aromatic heterocycles. The standard InChI is InChI=1S/C15H13NO/c1-4-13-6-8-15(16-10-13)17-14-7-5-11(2)12(3)9-14/h1,5-10H,2-3H3. The molecule has 0 saturated carbocycles. The van der Waals surface area contributed by atoms with Gasteiger partial charge in [-0.25, -0.2) is 4.98 Å². The summed E-state index contributed by atoms with van der Waals surface area (Å²) in [5.41, 5.74) is 3.19. The van der Waals surface area contributed by atoms with E-state index in [9.17, 15) is 0 Å². The van der Waals surface area contributed by atoms with E-state index in [1.807, 2.05) is 24.3 Å². The SMILES string of the molecule is C#Cc1ccc(Oc2ccc(C)c(C)c2)nc1. The molecule has 0 aliphatic rings. The molecule has 0 radical (unpaired) electrons. The highest BCUT2D eigenvalue weighted by Gasteiger charge is 2.00. The number of terminal acetylenes is 1. The minimum Gasteiger partial charge on any atom is -0.439 e. The van der Waals surface area contributed by atoms with Crippen LogP contribution in [-0.4, -0.2) is 4.98 Å². The third-order valence-corrected chi connectivity index (χ3v) is 2.60. The first-order valence-electron chi connectivity index (χ1n) is 5.37. The maximum atomic E-state index is 5.63. The first-order chi connectivity index (χ1) is 8.19. The van der Waals surface area contributed by atoms with Crippen LogP contribution in [0.3, 0.4) is 0 Å². The van der Waals surface area contributed by atoms with Crippen LogP contribution in [0.15, 0.2) is 36.5 Å². The van der Waals surface area contributed by atoms with Gasteiger partial charge in [0, 0.05) is 17.8 Å². The molecule has 0 bridgehead atoms. The number of ether oxygens (including phenoxy) is 1. The predicted molar refractivity (Wildman–Crippen MR) is 68.2 cm³/mol. The fraction of sp³-hybridized carbons (Fsp3) is 0.133. The van der Waals surface area contributed by atoms with E-state index < -0.39 is 0 Å². The Morgan fingerprint density at radius 1 is 1.12 bits per heavy atom. The minimum absolute atomic E-state index is 0.548. The fourth-order valence-corrected chi connectivity index (χ4v) is 1.42. The molecular formula is C15H13NO. The molecular weight excluding hydrogens is 210 g/mol. The number of rotatable bonds is 2. The van der Waals surface area contributed by atoms with Crippen LogP contribution in [0.5, 0.6) is 11.6 Å². The van der Waals surface area contributed by atoms with Crippen molar-refractivity contribution >= 4 is 0 Å². The highest BCUT2D eigenvalue weighted by molar-refractivity contribution is 5.37. The lowest BCUT2D eigenvalue weighted by atomic mass is 10.1. The Morgan fingerprint density at radius 3 is 2.53 bits per heavy atom. The summed E-state index contributed by atoms with van der Waals surface area (Å²) in [7, 11) is 0. The van der Waals surface area contributed by atoms with Gasteiger partial charge in [0.1, 0.15) is 5.75 Å². The van der Waals surface area contributed by atoms with Crippen LogP contribution in [0.25, 0.3) is 0 Å². The molecule has 2 aromatic rings. The number of pyridine rings is 1. The molecule has 0 N–H and O–H groups in total. The van der Waals surface area contributed by atoms with Crippen LogP contribution in [-0.2, 0) is 0 Å². The van der Waals surface area contributed by atoms with Crippen molar-refractivity contribution in [2.45, 2.75) is 13.8 Å². The molecule has 1 heterocycles. The number of aryl methyl sites for hydroxylation is 2. The van der Waals surface area contributed by atoms with Gasteiger partial charge in [-0.1, -0.05) is 12.0 Å². The summed E-state index contributed by atoms with van der Waals surface area (Å²) in [6, 6.07) is 9.53. The van der Waals surface area contributed by atoms with Crippen molar-refractivity contribution in [2.24, 2.45) is 0 Å². The number of benzene rings is 1. The third-order valence-electron chi connectivity index (χ3n) is 2.60. The zero-order valence-electron chi connectivity index (χ0n) is 9.90. The molecule has 0 unspecified atom stereocenters. The number of aromatic nitrogens is 1. The Labute approximate surface area is 101 Å². The second kappa shape index (κ2) is 4.71. The van der Waals surface area contributed by atoms with Crippen LogP contribution in [0, 0.1) is 26.2 Å². The van der Waals surface area contributed by atoms with Gasteiger partial charge in [-0.3, -0.25) is 0 Å². The number of nitrogens with zero attached hydrogens (tertiary/aromatic N) is 1. The lowest BCUT2D eigenvalue weighted by Crippen LogP contribution is -1.89. The first-order valence-corrected chi connectivity index (χ1v) is 5.37. The van der Waals surface area contributed by atoms with Gasteiger partial charge in [0.2, 0.25) is 5.88 Å². The molecule has 0 aliphatic carbocycles. The monoisotopic (exact) mass is 223 g/mol.